The maximum Gasteiger partial charge on any atom is 0.296 e. The van der Waals surface area contributed by atoms with Crippen molar-refractivity contribution in [2.24, 2.45) is 16.6 Å². The predicted molar refractivity (Wildman–Crippen MR) is 105 cm³/mol. The van der Waals surface area contributed by atoms with E-state index in [0.717, 1.165) is 24.0 Å². The van der Waals surface area contributed by atoms with E-state index >= 15 is 0 Å². The Morgan fingerprint density at radius 1 is 1.24 bits per heavy atom. The van der Waals surface area contributed by atoms with Gasteiger partial charge in [-0.1, -0.05) is 6.07 Å². The Labute approximate surface area is 167 Å². The van der Waals surface area contributed by atoms with Gasteiger partial charge < -0.3 is 15.8 Å². The van der Waals surface area contributed by atoms with E-state index < -0.39 is 18.6 Å². The van der Waals surface area contributed by atoms with Crippen molar-refractivity contribution in [1.82, 2.24) is 10.3 Å². The molecule has 1 saturated heterocycles. The number of piperidine rings is 1. The Balaban J connectivity index is 1.58. The fraction of sp³-hybridized carbons (Fsp3) is 0.381. The van der Waals surface area contributed by atoms with E-state index in [2.05, 4.69) is 15.3 Å². The summed E-state index contributed by atoms with van der Waals surface area (Å²) in [5.41, 5.74) is 7.71. The maximum atomic E-state index is 14.0. The van der Waals surface area contributed by atoms with Crippen LogP contribution in [0.15, 0.2) is 41.5 Å². The lowest BCUT2D eigenvalue weighted by Gasteiger charge is -2.32. The molecule has 6 nitrogen and oxygen atoms in total. The number of nitriles is 1. The average Bonchev–Trinajstić information content (AvgIpc) is 3.55. The van der Waals surface area contributed by atoms with E-state index in [1.807, 2.05) is 6.07 Å². The molecule has 0 amide bonds. The zero-order chi connectivity index (χ0) is 20.4. The number of nitrogens with one attached hydrogen (secondary N) is 1. The molecule has 1 aliphatic carbocycles. The zero-order valence-electron chi connectivity index (χ0n) is 15.7. The quantitative estimate of drug-likeness (QED) is 0.595. The fourth-order valence-electron chi connectivity index (χ4n) is 3.27. The van der Waals surface area contributed by atoms with Crippen LogP contribution < -0.4 is 15.8 Å². The molecule has 2 fully saturated rings. The third-order valence-electron chi connectivity index (χ3n) is 5.10. The van der Waals surface area contributed by atoms with Crippen molar-refractivity contribution >= 4 is 11.7 Å². The van der Waals surface area contributed by atoms with Crippen LogP contribution >= 0.6 is 0 Å². The molecule has 3 N–H and O–H groups in total. The number of halogens is 2. The molecular formula is C21H21F2N5O. The average molecular weight is 397 g/mol. The minimum atomic E-state index is -2.98. The predicted octanol–water partition coefficient (Wildman–Crippen LogP) is 3.39. The number of amidine groups is 1. The molecule has 1 saturated carbocycles. The number of ether oxygens (including phenoxy) is 1. The summed E-state index contributed by atoms with van der Waals surface area (Å²) in [5.74, 6) is -1.40. The van der Waals surface area contributed by atoms with Gasteiger partial charge in [0.2, 0.25) is 0 Å². The summed E-state index contributed by atoms with van der Waals surface area (Å²) in [6, 6.07) is 10.6. The van der Waals surface area contributed by atoms with Crippen LogP contribution in [-0.4, -0.2) is 35.9 Å². The van der Waals surface area contributed by atoms with E-state index in [9.17, 15) is 14.0 Å². The monoisotopic (exact) mass is 397 g/mol. The second kappa shape index (κ2) is 7.76. The standard InChI is InChI=1S/C21H21F2N5O/c22-21(23)12-26-7-6-18(21)29-17-4-3-14(9-16(17)11-24)15-5-8-27-19(10-15)28-20(25)13-1-2-13/h3-5,8-10,13,18,26H,1-2,6-7,12H2,(H2,25,27,28)/t18-/m0/s1. The number of aromatic nitrogens is 1. The number of hydrogen-bond donors (Lipinski definition) is 2. The molecule has 0 unspecified atom stereocenters. The van der Waals surface area contributed by atoms with Gasteiger partial charge in [-0.3, -0.25) is 0 Å². The van der Waals surface area contributed by atoms with Crippen LogP contribution in [0.3, 0.4) is 0 Å². The SMILES string of the molecule is N#Cc1cc(-c2ccnc(N=C(N)C3CC3)c2)ccc1O[C@H]1CCNCC1(F)F. The summed E-state index contributed by atoms with van der Waals surface area (Å²) in [6.07, 6.45) is 2.65. The van der Waals surface area contributed by atoms with Crippen molar-refractivity contribution in [2.75, 3.05) is 13.1 Å². The molecule has 8 heteroatoms. The lowest BCUT2D eigenvalue weighted by molar-refractivity contribution is -0.109. The molecule has 1 aliphatic heterocycles. The Kier molecular flexibility index (Phi) is 5.16. The number of pyridine rings is 1. The van der Waals surface area contributed by atoms with Gasteiger partial charge in [-0.2, -0.15) is 5.26 Å². The van der Waals surface area contributed by atoms with Gasteiger partial charge in [0.05, 0.1) is 12.1 Å². The second-order valence-corrected chi connectivity index (χ2v) is 7.37. The second-order valence-electron chi connectivity index (χ2n) is 7.37. The van der Waals surface area contributed by atoms with Crippen LogP contribution in [-0.2, 0) is 0 Å². The summed E-state index contributed by atoms with van der Waals surface area (Å²) >= 11 is 0. The van der Waals surface area contributed by atoms with Gasteiger partial charge in [-0.15, -0.1) is 0 Å². The number of aliphatic imine (C=N–C) groups is 1. The van der Waals surface area contributed by atoms with Gasteiger partial charge in [0.1, 0.15) is 17.7 Å². The van der Waals surface area contributed by atoms with Crippen molar-refractivity contribution in [3.05, 3.63) is 42.1 Å². The molecule has 1 aromatic carbocycles. The van der Waals surface area contributed by atoms with Crippen LogP contribution in [0.2, 0.25) is 0 Å². The molecule has 29 heavy (non-hydrogen) atoms. The highest BCUT2D eigenvalue weighted by molar-refractivity contribution is 5.87. The highest BCUT2D eigenvalue weighted by Crippen LogP contribution is 2.33. The number of hydrogen-bond acceptors (Lipinski definition) is 5. The molecule has 0 bridgehead atoms. The Hall–Kier alpha value is -3.05. The van der Waals surface area contributed by atoms with Crippen LogP contribution in [0.4, 0.5) is 14.6 Å². The van der Waals surface area contributed by atoms with Crippen LogP contribution in [0.1, 0.15) is 24.8 Å². The lowest BCUT2D eigenvalue weighted by atomic mass is 10.0. The van der Waals surface area contributed by atoms with E-state index in [1.165, 1.54) is 0 Å². The molecule has 2 aromatic rings. The van der Waals surface area contributed by atoms with Crippen molar-refractivity contribution in [1.29, 1.82) is 5.26 Å². The molecular weight excluding hydrogens is 376 g/mol. The summed E-state index contributed by atoms with van der Waals surface area (Å²) in [4.78, 5) is 8.59. The van der Waals surface area contributed by atoms with Crippen LogP contribution in [0.25, 0.3) is 11.1 Å². The Morgan fingerprint density at radius 3 is 2.76 bits per heavy atom. The van der Waals surface area contributed by atoms with Crippen LogP contribution in [0, 0.1) is 17.2 Å². The number of rotatable bonds is 5. The Bertz CT molecular complexity index is 981. The molecule has 0 radical (unpaired) electrons. The fourth-order valence-corrected chi connectivity index (χ4v) is 3.27. The molecule has 1 atom stereocenters. The first-order valence-corrected chi connectivity index (χ1v) is 9.56. The van der Waals surface area contributed by atoms with E-state index in [-0.39, 0.29) is 17.7 Å². The summed E-state index contributed by atoms with van der Waals surface area (Å²) < 4.78 is 33.6. The van der Waals surface area contributed by atoms with E-state index in [0.29, 0.717) is 24.1 Å². The first-order chi connectivity index (χ1) is 14.0. The Morgan fingerprint density at radius 2 is 2.03 bits per heavy atom. The molecule has 1 aromatic heterocycles. The zero-order valence-corrected chi connectivity index (χ0v) is 15.7. The first-order valence-electron chi connectivity index (χ1n) is 9.56. The molecule has 4 rings (SSSR count). The van der Waals surface area contributed by atoms with Gasteiger partial charge >= 0.3 is 0 Å². The van der Waals surface area contributed by atoms with Crippen molar-refractivity contribution < 1.29 is 13.5 Å². The molecule has 2 heterocycles. The topological polar surface area (TPSA) is 96.3 Å². The highest BCUT2D eigenvalue weighted by Gasteiger charge is 2.43. The largest absolute Gasteiger partial charge is 0.483 e. The minimum Gasteiger partial charge on any atom is -0.483 e. The summed E-state index contributed by atoms with van der Waals surface area (Å²) in [6.45, 7) is 0.0203. The number of nitrogens with two attached hydrogens (primary N) is 1. The van der Waals surface area contributed by atoms with Gasteiger partial charge in [0.15, 0.2) is 11.9 Å². The van der Waals surface area contributed by atoms with Gasteiger partial charge in [-0.05, 0) is 54.8 Å². The normalized spacial score (nSPS) is 21.4. The third kappa shape index (κ3) is 4.35. The highest BCUT2D eigenvalue weighted by atomic mass is 19.3. The van der Waals surface area contributed by atoms with Gasteiger partial charge in [0.25, 0.3) is 5.92 Å². The van der Waals surface area contributed by atoms with E-state index in [4.69, 9.17) is 10.5 Å². The third-order valence-corrected chi connectivity index (χ3v) is 5.10. The maximum absolute atomic E-state index is 14.0. The minimum absolute atomic E-state index is 0.160. The van der Waals surface area contributed by atoms with Gasteiger partial charge in [-0.25, -0.2) is 18.8 Å². The molecule has 2 aliphatic rings. The van der Waals surface area contributed by atoms with Crippen molar-refractivity contribution in [2.45, 2.75) is 31.3 Å². The van der Waals surface area contributed by atoms with Crippen molar-refractivity contribution in [3.63, 3.8) is 0 Å². The number of benzene rings is 1. The van der Waals surface area contributed by atoms with Crippen molar-refractivity contribution in [3.8, 4) is 22.9 Å². The number of nitrogens with zero attached hydrogens (tertiary/aromatic N) is 3. The van der Waals surface area contributed by atoms with Crippen LogP contribution in [0.5, 0.6) is 5.75 Å². The molecule has 150 valence electrons. The lowest BCUT2D eigenvalue weighted by Crippen LogP contribution is -2.52. The first kappa shape index (κ1) is 19.3. The van der Waals surface area contributed by atoms with Gasteiger partial charge in [0, 0.05) is 18.5 Å². The summed E-state index contributed by atoms with van der Waals surface area (Å²) in [7, 11) is 0. The number of alkyl halides is 2. The summed E-state index contributed by atoms with van der Waals surface area (Å²) in [5, 5.41) is 12.2. The smallest absolute Gasteiger partial charge is 0.296 e. The molecule has 0 spiro atoms. The van der Waals surface area contributed by atoms with E-state index in [1.54, 1.807) is 36.5 Å².